The van der Waals surface area contributed by atoms with Crippen LogP contribution in [0.4, 0.5) is 5.69 Å². The van der Waals surface area contributed by atoms with Crippen molar-refractivity contribution in [3.63, 3.8) is 0 Å². The van der Waals surface area contributed by atoms with Gasteiger partial charge >= 0.3 is 0 Å². The smallest absolute Gasteiger partial charge is 0.262 e. The number of phenolic OH excluding ortho intramolecular Hbond substituents is 2. The Labute approximate surface area is 315 Å². The minimum Gasteiger partial charge on any atom is -0.508 e. The number of nitrogens with zero attached hydrogens (tertiary/aromatic N) is 2. The first-order valence-electron chi connectivity index (χ1n) is 19.6. The van der Waals surface area contributed by atoms with Gasteiger partial charge in [-0.15, -0.1) is 0 Å². The molecule has 10 nitrogen and oxygen atoms in total. The molecule has 1 aliphatic carbocycles. The molecule has 2 aliphatic heterocycles. The van der Waals surface area contributed by atoms with Gasteiger partial charge in [0.15, 0.2) is 12.4 Å². The highest BCUT2D eigenvalue weighted by molar-refractivity contribution is 5.97. The fourth-order valence-corrected chi connectivity index (χ4v) is 7.92. The SMILES string of the molecule is CN(CCNCCc1ccc(O)c2c1OCC(=O)N2)C1CCCCC1.CN1CCC(c2ccccc2)(c2cc(CCCOCCC=O)ccc2O)CC1. The quantitative estimate of drug-likeness (QED) is 0.0792. The Kier molecular flexibility index (Phi) is 15.5. The van der Waals surface area contributed by atoms with Crippen LogP contribution in [0.15, 0.2) is 60.7 Å². The van der Waals surface area contributed by atoms with Crippen LogP contribution in [0.3, 0.4) is 0 Å². The lowest BCUT2D eigenvalue weighted by Gasteiger charge is -2.42. The molecule has 2 fully saturated rings. The number of ether oxygens (including phenoxy) is 2. The van der Waals surface area contributed by atoms with Crippen LogP contribution in [0.2, 0.25) is 0 Å². The molecule has 4 N–H and O–H groups in total. The maximum atomic E-state index is 11.4. The van der Waals surface area contributed by atoms with Crippen molar-refractivity contribution >= 4 is 17.9 Å². The van der Waals surface area contributed by atoms with E-state index in [4.69, 9.17) is 9.47 Å². The molecule has 6 rings (SSSR count). The topological polar surface area (TPSA) is 124 Å². The molecule has 53 heavy (non-hydrogen) atoms. The first kappa shape index (κ1) is 40.2. The number of fused-ring (bicyclic) bond motifs is 1. The van der Waals surface area contributed by atoms with Crippen molar-refractivity contribution in [1.82, 2.24) is 15.1 Å². The third-order valence-corrected chi connectivity index (χ3v) is 11.1. The lowest BCUT2D eigenvalue weighted by atomic mass is 9.67. The third kappa shape index (κ3) is 11.3. The van der Waals surface area contributed by atoms with E-state index in [1.165, 1.54) is 43.2 Å². The number of rotatable bonds is 16. The molecular weight excluding hydrogens is 668 g/mol. The Morgan fingerprint density at radius 2 is 1.74 bits per heavy atom. The average molecular weight is 729 g/mol. The number of likely N-dealkylation sites (tertiary alicyclic amines) is 1. The van der Waals surface area contributed by atoms with Crippen LogP contribution in [0.25, 0.3) is 0 Å². The number of amides is 1. The van der Waals surface area contributed by atoms with E-state index in [-0.39, 0.29) is 23.7 Å². The molecule has 1 saturated heterocycles. The van der Waals surface area contributed by atoms with Crippen LogP contribution < -0.4 is 15.4 Å². The second-order valence-electron chi connectivity index (χ2n) is 14.8. The minimum absolute atomic E-state index is 0.00304. The number of hydrogen-bond donors (Lipinski definition) is 4. The van der Waals surface area contributed by atoms with Crippen molar-refractivity contribution in [2.45, 2.75) is 82.1 Å². The van der Waals surface area contributed by atoms with Gasteiger partial charge in [0.25, 0.3) is 5.91 Å². The van der Waals surface area contributed by atoms with Crippen LogP contribution in [0.1, 0.15) is 80.0 Å². The number of hydrogen-bond acceptors (Lipinski definition) is 9. The third-order valence-electron chi connectivity index (χ3n) is 11.1. The number of likely N-dealkylation sites (N-methyl/N-ethyl adjacent to an activating group) is 1. The average Bonchev–Trinajstić information content (AvgIpc) is 3.19. The zero-order valence-electron chi connectivity index (χ0n) is 31.8. The van der Waals surface area contributed by atoms with E-state index >= 15 is 0 Å². The molecule has 2 heterocycles. The highest BCUT2D eigenvalue weighted by Gasteiger charge is 2.39. The van der Waals surface area contributed by atoms with Crippen LogP contribution >= 0.6 is 0 Å². The molecule has 3 aliphatic rings. The van der Waals surface area contributed by atoms with Crippen molar-refractivity contribution in [3.8, 4) is 17.2 Å². The van der Waals surface area contributed by atoms with Crippen molar-refractivity contribution in [1.29, 1.82) is 0 Å². The number of piperidine rings is 1. The van der Waals surface area contributed by atoms with Crippen LogP contribution in [0, 0.1) is 0 Å². The second-order valence-corrected chi connectivity index (χ2v) is 14.8. The molecule has 0 bridgehead atoms. The van der Waals surface area contributed by atoms with E-state index in [1.807, 2.05) is 24.3 Å². The summed E-state index contributed by atoms with van der Waals surface area (Å²) in [4.78, 5) is 26.6. The monoisotopic (exact) mass is 728 g/mol. The predicted molar refractivity (Wildman–Crippen MR) is 210 cm³/mol. The first-order valence-corrected chi connectivity index (χ1v) is 19.6. The number of anilines is 1. The molecule has 288 valence electrons. The Morgan fingerprint density at radius 1 is 0.981 bits per heavy atom. The van der Waals surface area contributed by atoms with Crippen LogP contribution in [0.5, 0.6) is 17.2 Å². The highest BCUT2D eigenvalue weighted by Crippen LogP contribution is 2.45. The summed E-state index contributed by atoms with van der Waals surface area (Å²) in [5, 5.41) is 26.8. The largest absolute Gasteiger partial charge is 0.508 e. The van der Waals surface area contributed by atoms with Gasteiger partial charge in [-0.1, -0.05) is 67.8 Å². The number of aryl methyl sites for hydroxylation is 1. The molecule has 1 amide bonds. The summed E-state index contributed by atoms with van der Waals surface area (Å²) in [5.74, 6) is 0.804. The van der Waals surface area contributed by atoms with E-state index < -0.39 is 0 Å². The molecule has 0 aromatic heterocycles. The number of phenols is 2. The van der Waals surface area contributed by atoms with Gasteiger partial charge in [0.05, 0.1) is 6.61 Å². The summed E-state index contributed by atoms with van der Waals surface area (Å²) < 4.78 is 11.0. The van der Waals surface area contributed by atoms with Crippen LogP contribution in [-0.4, -0.2) is 105 Å². The number of aldehydes is 1. The number of nitrogens with one attached hydrogen (secondary N) is 2. The summed E-state index contributed by atoms with van der Waals surface area (Å²) in [5.41, 5.74) is 4.81. The number of aromatic hydroxyl groups is 2. The van der Waals surface area contributed by atoms with Gasteiger partial charge < -0.3 is 44.9 Å². The fourth-order valence-electron chi connectivity index (χ4n) is 7.92. The van der Waals surface area contributed by atoms with Gasteiger partial charge in [0, 0.05) is 43.1 Å². The Bertz CT molecular complexity index is 1590. The van der Waals surface area contributed by atoms with Crippen LogP contribution in [-0.2, 0) is 32.6 Å². The highest BCUT2D eigenvalue weighted by atomic mass is 16.5. The van der Waals surface area contributed by atoms with E-state index in [1.54, 1.807) is 6.07 Å². The van der Waals surface area contributed by atoms with Crippen molar-refractivity contribution in [3.05, 3.63) is 82.9 Å². The van der Waals surface area contributed by atoms with Gasteiger partial charge in [-0.3, -0.25) is 4.79 Å². The second kappa shape index (κ2) is 20.5. The van der Waals surface area contributed by atoms with Crippen molar-refractivity contribution in [2.24, 2.45) is 0 Å². The zero-order chi connectivity index (χ0) is 37.5. The molecule has 3 aromatic carbocycles. The molecule has 0 atom stereocenters. The number of benzene rings is 3. The minimum atomic E-state index is -0.233. The Hall–Kier alpha value is -3.96. The maximum Gasteiger partial charge on any atom is 0.262 e. The first-order chi connectivity index (χ1) is 25.8. The molecule has 0 unspecified atom stereocenters. The Morgan fingerprint density at radius 3 is 2.49 bits per heavy atom. The molecule has 3 aromatic rings. The van der Waals surface area contributed by atoms with Crippen molar-refractivity contribution in [2.75, 3.05) is 72.0 Å². The van der Waals surface area contributed by atoms with Gasteiger partial charge in [0.1, 0.15) is 23.5 Å². The zero-order valence-corrected chi connectivity index (χ0v) is 31.8. The summed E-state index contributed by atoms with van der Waals surface area (Å²) in [7, 11) is 4.39. The van der Waals surface area contributed by atoms with Gasteiger partial charge in [-0.05, 0) is 107 Å². The lowest BCUT2D eigenvalue weighted by Crippen LogP contribution is -2.41. The van der Waals surface area contributed by atoms with Gasteiger partial charge in [0.2, 0.25) is 0 Å². The number of carbonyl (C=O) groups excluding carboxylic acids is 2. The van der Waals surface area contributed by atoms with Gasteiger partial charge in [-0.2, -0.15) is 0 Å². The molecule has 0 radical (unpaired) electrons. The molecule has 1 saturated carbocycles. The summed E-state index contributed by atoms with van der Waals surface area (Å²) in [6.45, 7) is 6.05. The van der Waals surface area contributed by atoms with E-state index in [9.17, 15) is 19.8 Å². The number of carbonyl (C=O) groups is 2. The van der Waals surface area contributed by atoms with Crippen molar-refractivity contribution < 1.29 is 29.3 Å². The molecule has 0 spiro atoms. The van der Waals surface area contributed by atoms with E-state index in [2.05, 4.69) is 64.9 Å². The maximum absolute atomic E-state index is 11.4. The predicted octanol–water partition coefficient (Wildman–Crippen LogP) is 6.06. The Balaban J connectivity index is 0.000000206. The lowest BCUT2D eigenvalue weighted by molar-refractivity contribution is -0.118. The summed E-state index contributed by atoms with van der Waals surface area (Å²) in [6.07, 6.45) is 12.7. The normalized spacial score (nSPS) is 17.3. The molecular formula is C43H60N4O6. The fraction of sp³-hybridized carbons (Fsp3) is 0.535. The van der Waals surface area contributed by atoms with Gasteiger partial charge in [-0.25, -0.2) is 0 Å². The molecule has 10 heteroatoms. The standard InChI is InChI=1S/C24H31NO3.C19H29N3O3/c1-25-14-12-24(13-15-25,21-8-3-2-4-9-21)22-19-20(10-11-23(22)27)7-5-17-28-18-6-16-26;1-22(15-5-3-2-4-6-15)12-11-20-10-9-14-7-8-16(23)18-19(14)25-13-17(24)21-18/h2-4,8-11,16,19,27H,5-7,12-15,17-18H2,1H3;7-8,15,20,23H,2-6,9-13H2,1H3,(H,21,24). The van der Waals surface area contributed by atoms with E-state index in [0.29, 0.717) is 36.8 Å². The van der Waals surface area contributed by atoms with E-state index in [0.717, 1.165) is 88.3 Å². The summed E-state index contributed by atoms with van der Waals surface area (Å²) in [6, 6.07) is 20.9. The summed E-state index contributed by atoms with van der Waals surface area (Å²) >= 11 is 0.